The van der Waals surface area contributed by atoms with E-state index in [1.54, 1.807) is 0 Å². The summed E-state index contributed by atoms with van der Waals surface area (Å²) in [6.07, 6.45) is 6.03. The molecule has 1 aromatic rings. The van der Waals surface area contributed by atoms with Gasteiger partial charge in [-0.2, -0.15) is 0 Å². The van der Waals surface area contributed by atoms with Crippen molar-refractivity contribution in [3.63, 3.8) is 0 Å². The molecule has 1 aliphatic carbocycles. The zero-order valence-electron chi connectivity index (χ0n) is 10.1. The Bertz CT molecular complexity index is 347. The minimum Gasteiger partial charge on any atom is -0.324 e. The summed E-state index contributed by atoms with van der Waals surface area (Å²) >= 11 is 0. The first-order valence-electron chi connectivity index (χ1n) is 6.33. The predicted octanol–water partition coefficient (Wildman–Crippen LogP) is 2.17. The Morgan fingerprint density at radius 3 is 2.94 bits per heavy atom. The number of nitrogens with two attached hydrogens (primary N) is 1. The fourth-order valence-electron chi connectivity index (χ4n) is 2.49. The van der Waals surface area contributed by atoms with E-state index in [1.807, 2.05) is 7.05 Å². The van der Waals surface area contributed by atoms with Crippen LogP contribution >= 0.6 is 0 Å². The minimum absolute atomic E-state index is 0.208. The predicted molar refractivity (Wildman–Crippen MR) is 68.6 cm³/mol. The molecule has 2 heteroatoms. The Labute approximate surface area is 98.2 Å². The lowest BCUT2D eigenvalue weighted by atomic mass is 9.98. The first kappa shape index (κ1) is 11.6. The second-order valence-electron chi connectivity index (χ2n) is 4.73. The van der Waals surface area contributed by atoms with E-state index in [0.717, 1.165) is 19.4 Å². The molecule has 0 aromatic heterocycles. The van der Waals surface area contributed by atoms with Crippen molar-refractivity contribution in [1.82, 2.24) is 5.32 Å². The van der Waals surface area contributed by atoms with Crippen molar-refractivity contribution in [3.8, 4) is 0 Å². The third kappa shape index (κ3) is 2.63. The summed E-state index contributed by atoms with van der Waals surface area (Å²) in [4.78, 5) is 0. The first-order chi connectivity index (χ1) is 7.81. The summed E-state index contributed by atoms with van der Waals surface area (Å²) in [5.74, 6) is 0. The van der Waals surface area contributed by atoms with Gasteiger partial charge in [0.15, 0.2) is 0 Å². The molecule has 1 atom stereocenters. The first-order valence-corrected chi connectivity index (χ1v) is 6.33. The smallest absolute Gasteiger partial charge is 0.0295 e. The molecule has 0 spiro atoms. The highest BCUT2D eigenvalue weighted by Gasteiger charge is 2.13. The number of fused-ring (bicyclic) bond motifs is 1. The monoisotopic (exact) mass is 218 g/mol. The average Bonchev–Trinajstić information content (AvgIpc) is 2.76. The fraction of sp³-hybridized carbons (Fsp3) is 0.571. The Balaban J connectivity index is 1.98. The van der Waals surface area contributed by atoms with Crippen LogP contribution in [0.15, 0.2) is 18.2 Å². The van der Waals surface area contributed by atoms with Crippen LogP contribution in [-0.2, 0) is 12.8 Å². The van der Waals surface area contributed by atoms with Crippen molar-refractivity contribution in [3.05, 3.63) is 34.9 Å². The largest absolute Gasteiger partial charge is 0.324 e. The molecule has 2 rings (SSSR count). The molecule has 2 nitrogen and oxygen atoms in total. The topological polar surface area (TPSA) is 38.0 Å². The molecule has 0 amide bonds. The molecule has 0 bridgehead atoms. The summed E-state index contributed by atoms with van der Waals surface area (Å²) in [6.45, 7) is 1.05. The van der Waals surface area contributed by atoms with Crippen molar-refractivity contribution in [2.75, 3.05) is 13.6 Å². The van der Waals surface area contributed by atoms with Gasteiger partial charge in [0.05, 0.1) is 0 Å². The van der Waals surface area contributed by atoms with Crippen LogP contribution in [0, 0.1) is 0 Å². The van der Waals surface area contributed by atoms with Crippen molar-refractivity contribution in [2.45, 2.75) is 38.1 Å². The summed E-state index contributed by atoms with van der Waals surface area (Å²) in [5, 5.41) is 3.16. The van der Waals surface area contributed by atoms with Crippen LogP contribution in [0.25, 0.3) is 0 Å². The zero-order valence-corrected chi connectivity index (χ0v) is 10.1. The third-order valence-corrected chi connectivity index (χ3v) is 3.49. The molecule has 0 fully saturated rings. The van der Waals surface area contributed by atoms with E-state index in [2.05, 4.69) is 23.5 Å². The highest BCUT2D eigenvalue weighted by molar-refractivity contribution is 5.36. The van der Waals surface area contributed by atoms with Crippen LogP contribution in [0.1, 0.15) is 42.0 Å². The summed E-state index contributed by atoms with van der Waals surface area (Å²) in [5.41, 5.74) is 10.6. The van der Waals surface area contributed by atoms with Crippen molar-refractivity contribution >= 4 is 0 Å². The number of nitrogens with one attached hydrogen (secondary N) is 1. The third-order valence-electron chi connectivity index (χ3n) is 3.49. The Kier molecular flexibility index (Phi) is 3.97. The maximum atomic E-state index is 6.20. The molecular formula is C14H22N2. The second kappa shape index (κ2) is 5.46. The molecule has 3 N–H and O–H groups in total. The van der Waals surface area contributed by atoms with Crippen LogP contribution < -0.4 is 11.1 Å². The molecule has 0 radical (unpaired) electrons. The molecule has 88 valence electrons. The molecular weight excluding hydrogens is 196 g/mol. The number of aryl methyl sites for hydroxylation is 2. The van der Waals surface area contributed by atoms with Gasteiger partial charge in [-0.1, -0.05) is 18.2 Å². The van der Waals surface area contributed by atoms with E-state index in [4.69, 9.17) is 5.73 Å². The lowest BCUT2D eigenvalue weighted by molar-refractivity contribution is 0.590. The number of hydrogen-bond donors (Lipinski definition) is 2. The minimum atomic E-state index is 0.208. The van der Waals surface area contributed by atoms with Crippen LogP contribution in [0.2, 0.25) is 0 Å². The van der Waals surface area contributed by atoms with Crippen molar-refractivity contribution in [2.24, 2.45) is 5.73 Å². The van der Waals surface area contributed by atoms with E-state index in [9.17, 15) is 0 Å². The van der Waals surface area contributed by atoms with Gasteiger partial charge in [-0.15, -0.1) is 0 Å². The van der Waals surface area contributed by atoms with Gasteiger partial charge in [-0.3, -0.25) is 0 Å². The van der Waals surface area contributed by atoms with Crippen molar-refractivity contribution in [1.29, 1.82) is 0 Å². The van der Waals surface area contributed by atoms with E-state index < -0.39 is 0 Å². The van der Waals surface area contributed by atoms with E-state index >= 15 is 0 Å². The summed E-state index contributed by atoms with van der Waals surface area (Å²) in [6, 6.07) is 7.02. The standard InChI is InChI=1S/C14H22N2/c1-16-9-3-6-14(15)13-8-7-11-4-2-5-12(11)10-13/h7-8,10,14,16H,2-6,9,15H2,1H3. The Morgan fingerprint density at radius 2 is 2.12 bits per heavy atom. The highest BCUT2D eigenvalue weighted by Crippen LogP contribution is 2.25. The number of benzene rings is 1. The fourth-order valence-corrected chi connectivity index (χ4v) is 2.49. The Hall–Kier alpha value is -0.860. The van der Waals surface area contributed by atoms with Gasteiger partial charge in [-0.05, 0) is 62.4 Å². The van der Waals surface area contributed by atoms with Crippen molar-refractivity contribution < 1.29 is 0 Å². The van der Waals surface area contributed by atoms with Gasteiger partial charge in [-0.25, -0.2) is 0 Å². The number of rotatable bonds is 5. The van der Waals surface area contributed by atoms with Crippen LogP contribution in [0.3, 0.4) is 0 Å². The molecule has 1 unspecified atom stereocenters. The van der Waals surface area contributed by atoms with Gasteiger partial charge >= 0.3 is 0 Å². The quantitative estimate of drug-likeness (QED) is 0.743. The maximum Gasteiger partial charge on any atom is 0.0295 e. The van der Waals surface area contributed by atoms with E-state index in [1.165, 1.54) is 36.0 Å². The molecule has 0 saturated carbocycles. The second-order valence-corrected chi connectivity index (χ2v) is 4.73. The molecule has 0 aliphatic heterocycles. The summed E-state index contributed by atoms with van der Waals surface area (Å²) < 4.78 is 0. The van der Waals surface area contributed by atoms with Gasteiger partial charge in [0, 0.05) is 6.04 Å². The Morgan fingerprint density at radius 1 is 1.31 bits per heavy atom. The molecule has 16 heavy (non-hydrogen) atoms. The lowest BCUT2D eigenvalue weighted by Gasteiger charge is -2.13. The molecule has 1 aromatic carbocycles. The average molecular weight is 218 g/mol. The van der Waals surface area contributed by atoms with Gasteiger partial charge in [0.25, 0.3) is 0 Å². The van der Waals surface area contributed by atoms with E-state index in [0.29, 0.717) is 0 Å². The SMILES string of the molecule is CNCCCC(N)c1ccc2c(c1)CCC2. The van der Waals surface area contributed by atoms with Crippen LogP contribution in [-0.4, -0.2) is 13.6 Å². The molecule has 0 heterocycles. The van der Waals surface area contributed by atoms with Gasteiger partial charge in [0.1, 0.15) is 0 Å². The van der Waals surface area contributed by atoms with Crippen LogP contribution in [0.4, 0.5) is 0 Å². The number of hydrogen-bond acceptors (Lipinski definition) is 2. The highest BCUT2D eigenvalue weighted by atomic mass is 14.8. The zero-order chi connectivity index (χ0) is 11.4. The lowest BCUT2D eigenvalue weighted by Crippen LogP contribution is -2.14. The molecule has 1 aliphatic rings. The van der Waals surface area contributed by atoms with Crippen LogP contribution in [0.5, 0.6) is 0 Å². The normalized spacial score (nSPS) is 16.1. The van der Waals surface area contributed by atoms with E-state index in [-0.39, 0.29) is 6.04 Å². The van der Waals surface area contributed by atoms with Gasteiger partial charge in [0.2, 0.25) is 0 Å². The molecule has 0 saturated heterocycles. The summed E-state index contributed by atoms with van der Waals surface area (Å²) in [7, 11) is 1.99. The van der Waals surface area contributed by atoms with Gasteiger partial charge < -0.3 is 11.1 Å². The maximum absolute atomic E-state index is 6.20.